The van der Waals surface area contributed by atoms with Crippen LogP contribution < -0.4 is 0 Å². The van der Waals surface area contributed by atoms with Crippen LogP contribution in [0.15, 0.2) is 24.3 Å². The number of ether oxygens (including phenoxy) is 1. The van der Waals surface area contributed by atoms with Crippen LogP contribution in [0.3, 0.4) is 0 Å². The Hall–Kier alpha value is -2.96. The van der Waals surface area contributed by atoms with Crippen molar-refractivity contribution in [3.8, 4) is 11.1 Å². The van der Waals surface area contributed by atoms with E-state index in [0.29, 0.717) is 18.8 Å². The molecule has 2 aromatic rings. The van der Waals surface area contributed by atoms with Gasteiger partial charge in [0.15, 0.2) is 0 Å². The second-order valence-corrected chi connectivity index (χ2v) is 8.06. The van der Waals surface area contributed by atoms with Gasteiger partial charge in [0.2, 0.25) is 0 Å². The van der Waals surface area contributed by atoms with Gasteiger partial charge < -0.3 is 14.6 Å². The Kier molecular flexibility index (Phi) is 6.39. The SMILES string of the molecule is CCOC(=O)c1c(C)[nH]c(C(=O)C(=O)N2C[C@H](C)C[C@@H](C)C2)c1-c1ccccc1F. The molecule has 1 aliphatic heterocycles. The Morgan fingerprint density at radius 3 is 2.40 bits per heavy atom. The van der Waals surface area contributed by atoms with Crippen LogP contribution in [0.1, 0.15) is 53.7 Å². The molecule has 6 nitrogen and oxygen atoms in total. The van der Waals surface area contributed by atoms with Gasteiger partial charge in [0, 0.05) is 29.9 Å². The number of rotatable bonds is 5. The molecule has 1 aliphatic rings. The average Bonchev–Trinajstić information content (AvgIpc) is 3.03. The number of Topliss-reactive ketones (excluding diaryl/α,β-unsaturated/α-hetero) is 1. The second kappa shape index (κ2) is 8.81. The summed E-state index contributed by atoms with van der Waals surface area (Å²) in [6.07, 6.45) is 0.993. The molecule has 2 atom stereocenters. The lowest BCUT2D eigenvalue weighted by atomic mass is 9.91. The molecular formula is C23H27FN2O4. The summed E-state index contributed by atoms with van der Waals surface area (Å²) in [4.78, 5) is 43.2. The van der Waals surface area contributed by atoms with E-state index in [-0.39, 0.29) is 40.8 Å². The zero-order valence-corrected chi connectivity index (χ0v) is 17.8. The summed E-state index contributed by atoms with van der Waals surface area (Å²) < 4.78 is 19.8. The predicted molar refractivity (Wildman–Crippen MR) is 111 cm³/mol. The van der Waals surface area contributed by atoms with Crippen LogP contribution in [0.4, 0.5) is 4.39 Å². The Morgan fingerprint density at radius 2 is 1.80 bits per heavy atom. The first-order valence-corrected chi connectivity index (χ1v) is 10.2. The Bertz CT molecular complexity index is 972. The highest BCUT2D eigenvalue weighted by Gasteiger charge is 2.35. The van der Waals surface area contributed by atoms with Crippen molar-refractivity contribution in [2.45, 2.75) is 34.1 Å². The van der Waals surface area contributed by atoms with E-state index in [2.05, 4.69) is 4.98 Å². The summed E-state index contributed by atoms with van der Waals surface area (Å²) in [5.41, 5.74) is 0.472. The molecule has 7 heteroatoms. The van der Waals surface area contributed by atoms with Gasteiger partial charge in [-0.05, 0) is 38.2 Å². The maximum absolute atomic E-state index is 14.6. The van der Waals surface area contributed by atoms with E-state index >= 15 is 0 Å². The van der Waals surface area contributed by atoms with Gasteiger partial charge in [-0.15, -0.1) is 0 Å². The fourth-order valence-corrected chi connectivity index (χ4v) is 4.27. The molecule has 0 saturated carbocycles. The van der Waals surface area contributed by atoms with Crippen molar-refractivity contribution in [2.75, 3.05) is 19.7 Å². The number of aromatic amines is 1. The van der Waals surface area contributed by atoms with Crippen LogP contribution in [0.5, 0.6) is 0 Å². The lowest BCUT2D eigenvalue weighted by Crippen LogP contribution is -2.45. The predicted octanol–water partition coefficient (Wildman–Crippen LogP) is 3.99. The molecule has 0 unspecified atom stereocenters. The molecule has 1 N–H and O–H groups in total. The molecule has 30 heavy (non-hydrogen) atoms. The molecule has 1 saturated heterocycles. The van der Waals surface area contributed by atoms with Gasteiger partial charge in [-0.3, -0.25) is 9.59 Å². The molecule has 0 bridgehead atoms. The van der Waals surface area contributed by atoms with Crippen molar-refractivity contribution in [3.05, 3.63) is 47.0 Å². The summed E-state index contributed by atoms with van der Waals surface area (Å²) in [5.74, 6) is -2.12. The largest absolute Gasteiger partial charge is 0.462 e. The highest BCUT2D eigenvalue weighted by atomic mass is 19.1. The van der Waals surface area contributed by atoms with Gasteiger partial charge in [0.25, 0.3) is 11.7 Å². The summed E-state index contributed by atoms with van der Waals surface area (Å²) in [6.45, 7) is 8.47. The van der Waals surface area contributed by atoms with E-state index < -0.39 is 23.5 Å². The third kappa shape index (κ3) is 4.15. The number of amides is 1. The average molecular weight is 414 g/mol. The smallest absolute Gasteiger partial charge is 0.340 e. The van der Waals surface area contributed by atoms with Gasteiger partial charge in [0.1, 0.15) is 11.5 Å². The molecule has 160 valence electrons. The third-order valence-electron chi connectivity index (χ3n) is 5.39. The first-order chi connectivity index (χ1) is 14.2. The van der Waals surface area contributed by atoms with E-state index in [9.17, 15) is 18.8 Å². The quantitative estimate of drug-likeness (QED) is 0.456. The number of ketones is 1. The summed E-state index contributed by atoms with van der Waals surface area (Å²) in [6, 6.07) is 5.86. The van der Waals surface area contributed by atoms with Crippen LogP contribution in [-0.2, 0) is 9.53 Å². The van der Waals surface area contributed by atoms with Crippen molar-refractivity contribution in [1.82, 2.24) is 9.88 Å². The van der Waals surface area contributed by atoms with Crippen molar-refractivity contribution in [3.63, 3.8) is 0 Å². The summed E-state index contributed by atoms with van der Waals surface area (Å²) in [5, 5.41) is 0. The molecule has 1 aromatic heterocycles. The van der Waals surface area contributed by atoms with Crippen LogP contribution in [-0.4, -0.2) is 47.2 Å². The number of hydrogen-bond acceptors (Lipinski definition) is 4. The van der Waals surface area contributed by atoms with E-state index in [1.165, 1.54) is 18.2 Å². The Balaban J connectivity index is 2.09. The van der Waals surface area contributed by atoms with E-state index in [1.807, 2.05) is 13.8 Å². The van der Waals surface area contributed by atoms with Gasteiger partial charge in [-0.25, -0.2) is 9.18 Å². The number of halogens is 1. The summed E-state index contributed by atoms with van der Waals surface area (Å²) in [7, 11) is 0. The number of carbonyl (C=O) groups excluding carboxylic acids is 3. The maximum Gasteiger partial charge on any atom is 0.340 e. The standard InChI is InChI=1S/C23H27FN2O4/c1-5-30-23(29)18-15(4)25-20(19(18)16-8-6-7-9-17(16)24)21(27)22(28)26-11-13(2)10-14(3)12-26/h6-9,13-14,25H,5,10-12H2,1-4H3/t13-,14-/m1/s1. The van der Waals surface area contributed by atoms with E-state index in [4.69, 9.17) is 4.74 Å². The van der Waals surface area contributed by atoms with Gasteiger partial charge in [-0.2, -0.15) is 0 Å². The first-order valence-electron chi connectivity index (χ1n) is 10.2. The van der Waals surface area contributed by atoms with Gasteiger partial charge in [-0.1, -0.05) is 32.0 Å². The molecule has 1 fully saturated rings. The number of piperidine rings is 1. The van der Waals surface area contributed by atoms with Crippen molar-refractivity contribution >= 4 is 17.7 Å². The number of esters is 1. The van der Waals surface area contributed by atoms with Crippen LogP contribution in [0.2, 0.25) is 0 Å². The van der Waals surface area contributed by atoms with Crippen LogP contribution >= 0.6 is 0 Å². The molecule has 2 heterocycles. The van der Waals surface area contributed by atoms with Crippen LogP contribution in [0.25, 0.3) is 11.1 Å². The number of H-pyrrole nitrogens is 1. The molecule has 1 amide bonds. The minimum absolute atomic E-state index is 0.0680. The molecule has 3 rings (SSSR count). The first kappa shape index (κ1) is 21.7. The minimum atomic E-state index is -0.784. The third-order valence-corrected chi connectivity index (χ3v) is 5.39. The zero-order valence-electron chi connectivity index (χ0n) is 17.8. The van der Waals surface area contributed by atoms with Gasteiger partial charge >= 0.3 is 5.97 Å². The molecular weight excluding hydrogens is 387 g/mol. The monoisotopic (exact) mass is 414 g/mol. The van der Waals surface area contributed by atoms with E-state index in [1.54, 1.807) is 24.8 Å². The minimum Gasteiger partial charge on any atom is -0.462 e. The number of nitrogens with one attached hydrogen (secondary N) is 1. The topological polar surface area (TPSA) is 79.5 Å². The lowest BCUT2D eigenvalue weighted by molar-refractivity contribution is -0.129. The number of aryl methyl sites for hydroxylation is 1. The number of likely N-dealkylation sites (tertiary alicyclic amines) is 1. The molecule has 0 spiro atoms. The lowest BCUT2D eigenvalue weighted by Gasteiger charge is -2.34. The number of carbonyl (C=O) groups is 3. The Labute approximate surface area is 175 Å². The van der Waals surface area contributed by atoms with Crippen molar-refractivity contribution < 1.29 is 23.5 Å². The highest BCUT2D eigenvalue weighted by Crippen LogP contribution is 2.34. The van der Waals surface area contributed by atoms with E-state index in [0.717, 1.165) is 6.42 Å². The number of hydrogen-bond donors (Lipinski definition) is 1. The molecule has 0 aliphatic carbocycles. The summed E-state index contributed by atoms with van der Waals surface area (Å²) >= 11 is 0. The van der Waals surface area contributed by atoms with Gasteiger partial charge in [0.05, 0.1) is 12.2 Å². The highest BCUT2D eigenvalue weighted by molar-refractivity contribution is 6.43. The molecule has 0 radical (unpaired) electrons. The normalized spacial score (nSPS) is 18.9. The molecule has 1 aromatic carbocycles. The number of nitrogens with zero attached hydrogens (tertiary/aromatic N) is 1. The second-order valence-electron chi connectivity index (χ2n) is 8.06. The number of benzene rings is 1. The van der Waals surface area contributed by atoms with Crippen molar-refractivity contribution in [1.29, 1.82) is 0 Å². The fourth-order valence-electron chi connectivity index (χ4n) is 4.27. The van der Waals surface area contributed by atoms with Crippen LogP contribution in [0, 0.1) is 24.6 Å². The fraction of sp³-hybridized carbons (Fsp3) is 0.435. The maximum atomic E-state index is 14.6. The van der Waals surface area contributed by atoms with Crippen molar-refractivity contribution in [2.24, 2.45) is 11.8 Å². The number of aromatic nitrogens is 1. The Morgan fingerprint density at radius 1 is 1.17 bits per heavy atom. The zero-order chi connectivity index (χ0) is 22.0.